The van der Waals surface area contributed by atoms with E-state index in [0.717, 1.165) is 0 Å². The molecule has 0 aliphatic carbocycles. The summed E-state index contributed by atoms with van der Waals surface area (Å²) < 4.78 is 5.28. The Bertz CT molecular complexity index is 370. The molecule has 1 rings (SSSR count). The maximum atomic E-state index is 10.6. The number of halogens is 1. The van der Waals surface area contributed by atoms with Gasteiger partial charge in [0.15, 0.2) is 0 Å². The van der Waals surface area contributed by atoms with Gasteiger partial charge in [-0.1, -0.05) is 37.6 Å². The molecule has 0 spiro atoms. The minimum atomic E-state index is -1.38. The molecule has 2 N–H and O–H groups in total. The number of benzene rings is 1. The molecule has 0 fully saturated rings. The minimum Gasteiger partial charge on any atom is -0.361 e. The van der Waals surface area contributed by atoms with Crippen molar-refractivity contribution in [1.29, 1.82) is 0 Å². The number of rotatable bonds is 5. The lowest BCUT2D eigenvalue weighted by Gasteiger charge is -2.34. The van der Waals surface area contributed by atoms with Gasteiger partial charge in [-0.15, -0.1) is 0 Å². The Hall–Kier alpha value is -0.610. The number of methoxy groups -OCH3 is 1. The highest BCUT2D eigenvalue weighted by molar-refractivity contribution is 6.30. The Morgan fingerprint density at radius 2 is 2.00 bits per heavy atom. The average Bonchev–Trinajstić information content (AvgIpc) is 2.27. The molecule has 0 aliphatic heterocycles. The number of hydrogen-bond donors (Lipinski definition) is 2. The normalized spacial score (nSPS) is 16.9. The maximum Gasteiger partial charge on any atom is 0.207 e. The zero-order valence-electron chi connectivity index (χ0n) is 10.7. The summed E-state index contributed by atoms with van der Waals surface area (Å²) in [5, 5.41) is 14.4. The van der Waals surface area contributed by atoms with Gasteiger partial charge in [0.25, 0.3) is 0 Å². The van der Waals surface area contributed by atoms with Gasteiger partial charge < -0.3 is 15.2 Å². The van der Waals surface area contributed by atoms with Crippen molar-refractivity contribution >= 4 is 11.6 Å². The Labute approximate surface area is 108 Å². The van der Waals surface area contributed by atoms with Gasteiger partial charge in [0.05, 0.1) is 6.04 Å². The van der Waals surface area contributed by atoms with Crippen LogP contribution in [-0.2, 0) is 10.5 Å². The summed E-state index contributed by atoms with van der Waals surface area (Å²) in [6, 6.07) is 7.08. The standard InChI is InChI=1S/C13H20ClNO2/c1-9(2)15-10(3)13(16,17-4)11-6-5-7-12(14)8-11/h5-10,15-16H,1-4H3. The zero-order valence-corrected chi connectivity index (χ0v) is 11.5. The smallest absolute Gasteiger partial charge is 0.207 e. The van der Waals surface area contributed by atoms with Crippen LogP contribution in [0.25, 0.3) is 0 Å². The molecular formula is C13H20ClNO2. The Morgan fingerprint density at radius 3 is 2.47 bits per heavy atom. The molecule has 0 aromatic heterocycles. The first-order valence-electron chi connectivity index (χ1n) is 5.69. The van der Waals surface area contributed by atoms with Crippen molar-refractivity contribution in [1.82, 2.24) is 5.32 Å². The lowest BCUT2D eigenvalue weighted by molar-refractivity contribution is -0.213. The van der Waals surface area contributed by atoms with Crippen molar-refractivity contribution < 1.29 is 9.84 Å². The van der Waals surface area contributed by atoms with Crippen LogP contribution in [0.15, 0.2) is 24.3 Å². The molecule has 0 saturated heterocycles. The van der Waals surface area contributed by atoms with Crippen molar-refractivity contribution in [3.05, 3.63) is 34.9 Å². The van der Waals surface area contributed by atoms with Gasteiger partial charge >= 0.3 is 0 Å². The monoisotopic (exact) mass is 257 g/mol. The van der Waals surface area contributed by atoms with E-state index in [4.69, 9.17) is 16.3 Å². The van der Waals surface area contributed by atoms with Crippen LogP contribution in [0.5, 0.6) is 0 Å². The van der Waals surface area contributed by atoms with Crippen LogP contribution in [0.3, 0.4) is 0 Å². The van der Waals surface area contributed by atoms with Crippen LogP contribution in [0, 0.1) is 0 Å². The van der Waals surface area contributed by atoms with Gasteiger partial charge in [-0.05, 0) is 19.1 Å². The van der Waals surface area contributed by atoms with Crippen LogP contribution < -0.4 is 5.32 Å². The molecule has 17 heavy (non-hydrogen) atoms. The summed E-state index contributed by atoms with van der Waals surface area (Å²) in [7, 11) is 1.49. The fourth-order valence-corrected chi connectivity index (χ4v) is 2.06. The van der Waals surface area contributed by atoms with Gasteiger partial charge in [-0.3, -0.25) is 0 Å². The molecule has 0 aliphatic rings. The molecular weight excluding hydrogens is 238 g/mol. The van der Waals surface area contributed by atoms with E-state index in [0.29, 0.717) is 10.6 Å². The summed E-state index contributed by atoms with van der Waals surface area (Å²) in [5.74, 6) is -1.38. The Morgan fingerprint density at radius 1 is 1.35 bits per heavy atom. The second kappa shape index (κ2) is 5.83. The van der Waals surface area contributed by atoms with Crippen LogP contribution >= 0.6 is 11.6 Å². The van der Waals surface area contributed by atoms with E-state index in [1.54, 1.807) is 24.3 Å². The number of nitrogens with one attached hydrogen (secondary N) is 1. The highest BCUT2D eigenvalue weighted by atomic mass is 35.5. The van der Waals surface area contributed by atoms with Crippen molar-refractivity contribution in [3.63, 3.8) is 0 Å². The third-order valence-electron chi connectivity index (χ3n) is 2.72. The van der Waals surface area contributed by atoms with Crippen LogP contribution in [0.1, 0.15) is 26.3 Å². The lowest BCUT2D eigenvalue weighted by Crippen LogP contribution is -2.50. The molecule has 96 valence electrons. The number of hydrogen-bond acceptors (Lipinski definition) is 3. The van der Waals surface area contributed by atoms with Gasteiger partial charge in [-0.2, -0.15) is 0 Å². The summed E-state index contributed by atoms with van der Waals surface area (Å²) in [6.07, 6.45) is 0. The molecule has 1 aromatic rings. The highest BCUT2D eigenvalue weighted by Crippen LogP contribution is 2.28. The quantitative estimate of drug-likeness (QED) is 0.797. The Balaban J connectivity index is 3.02. The Kier molecular flexibility index (Phi) is 4.95. The minimum absolute atomic E-state index is 0.244. The predicted octanol–water partition coefficient (Wildman–Crippen LogP) is 2.52. The fraction of sp³-hybridized carbons (Fsp3) is 0.538. The molecule has 0 radical (unpaired) electrons. The molecule has 0 bridgehead atoms. The van der Waals surface area contributed by atoms with Crippen molar-refractivity contribution in [3.8, 4) is 0 Å². The first-order valence-corrected chi connectivity index (χ1v) is 6.07. The lowest BCUT2D eigenvalue weighted by atomic mass is 9.98. The van der Waals surface area contributed by atoms with Gasteiger partial charge in [0, 0.05) is 23.7 Å². The van der Waals surface area contributed by atoms with Gasteiger partial charge in [0.1, 0.15) is 0 Å². The first kappa shape index (κ1) is 14.5. The molecule has 3 nitrogen and oxygen atoms in total. The van der Waals surface area contributed by atoms with E-state index in [-0.39, 0.29) is 12.1 Å². The molecule has 1 aromatic carbocycles. The summed E-state index contributed by atoms with van der Waals surface area (Å²) in [4.78, 5) is 0. The number of ether oxygens (including phenoxy) is 1. The summed E-state index contributed by atoms with van der Waals surface area (Å²) in [5.41, 5.74) is 0.646. The average molecular weight is 258 g/mol. The highest BCUT2D eigenvalue weighted by Gasteiger charge is 2.36. The second-order valence-corrected chi connectivity index (χ2v) is 4.89. The number of aliphatic hydroxyl groups is 1. The van der Waals surface area contributed by atoms with E-state index in [9.17, 15) is 5.11 Å². The van der Waals surface area contributed by atoms with Crippen molar-refractivity contribution in [2.24, 2.45) is 0 Å². The summed E-state index contributed by atoms with van der Waals surface area (Å²) in [6.45, 7) is 5.92. The van der Waals surface area contributed by atoms with Crippen LogP contribution in [0.4, 0.5) is 0 Å². The topological polar surface area (TPSA) is 41.5 Å². The van der Waals surface area contributed by atoms with Gasteiger partial charge in [-0.25, -0.2) is 0 Å². The molecule has 0 saturated carbocycles. The van der Waals surface area contributed by atoms with Crippen LogP contribution in [-0.4, -0.2) is 24.3 Å². The van der Waals surface area contributed by atoms with E-state index in [1.807, 2.05) is 20.8 Å². The fourth-order valence-electron chi connectivity index (χ4n) is 1.87. The molecule has 0 heterocycles. The second-order valence-electron chi connectivity index (χ2n) is 4.45. The van der Waals surface area contributed by atoms with E-state index >= 15 is 0 Å². The maximum absolute atomic E-state index is 10.6. The van der Waals surface area contributed by atoms with Crippen molar-refractivity contribution in [2.45, 2.75) is 38.6 Å². The van der Waals surface area contributed by atoms with Gasteiger partial charge in [0.2, 0.25) is 5.79 Å². The third kappa shape index (κ3) is 3.42. The molecule has 2 unspecified atom stereocenters. The van der Waals surface area contributed by atoms with E-state index in [1.165, 1.54) is 7.11 Å². The third-order valence-corrected chi connectivity index (χ3v) is 2.95. The largest absolute Gasteiger partial charge is 0.361 e. The molecule has 4 heteroatoms. The first-order chi connectivity index (χ1) is 7.90. The summed E-state index contributed by atoms with van der Waals surface area (Å²) >= 11 is 5.93. The van der Waals surface area contributed by atoms with E-state index in [2.05, 4.69) is 5.32 Å². The zero-order chi connectivity index (χ0) is 13.1. The SMILES string of the molecule is COC(O)(c1cccc(Cl)c1)C(C)NC(C)C. The molecule has 0 amide bonds. The van der Waals surface area contributed by atoms with E-state index < -0.39 is 5.79 Å². The van der Waals surface area contributed by atoms with Crippen LogP contribution in [0.2, 0.25) is 5.02 Å². The van der Waals surface area contributed by atoms with Crippen molar-refractivity contribution in [2.75, 3.05) is 7.11 Å². The predicted molar refractivity (Wildman–Crippen MR) is 70.1 cm³/mol. The molecule has 2 atom stereocenters.